The lowest BCUT2D eigenvalue weighted by atomic mass is 10.0. The number of amides is 2. The maximum absolute atomic E-state index is 13.8. The zero-order valence-electron chi connectivity index (χ0n) is 24.5. The number of aromatic nitrogens is 2. The van der Waals surface area contributed by atoms with Crippen molar-refractivity contribution in [3.8, 4) is 0 Å². The van der Waals surface area contributed by atoms with E-state index in [1.807, 2.05) is 0 Å². The number of nitrogens with one attached hydrogen (secondary N) is 1. The third-order valence-corrected chi connectivity index (χ3v) is 8.22. The molecule has 2 aromatic carbocycles. The van der Waals surface area contributed by atoms with Crippen LogP contribution in [0.15, 0.2) is 42.5 Å². The van der Waals surface area contributed by atoms with E-state index in [4.69, 9.17) is 16.3 Å². The summed E-state index contributed by atoms with van der Waals surface area (Å²) in [5.74, 6) is -4.54. The van der Waals surface area contributed by atoms with Gasteiger partial charge in [0.15, 0.2) is 0 Å². The Morgan fingerprint density at radius 2 is 1.66 bits per heavy atom. The van der Waals surface area contributed by atoms with Crippen molar-refractivity contribution in [1.82, 2.24) is 20.2 Å². The smallest absolute Gasteiger partial charge is 0.465 e. The van der Waals surface area contributed by atoms with Crippen LogP contribution >= 0.6 is 11.6 Å². The van der Waals surface area contributed by atoms with E-state index >= 15 is 0 Å². The summed E-state index contributed by atoms with van der Waals surface area (Å²) in [5.41, 5.74) is 0.311. The molecule has 0 spiro atoms. The van der Waals surface area contributed by atoms with Gasteiger partial charge in [0.25, 0.3) is 5.91 Å². The Morgan fingerprint density at radius 1 is 1.00 bits per heavy atom. The molecule has 2 aliphatic rings. The van der Waals surface area contributed by atoms with Gasteiger partial charge in [0, 0.05) is 54.4 Å². The molecule has 2 atom stereocenters. The van der Waals surface area contributed by atoms with Crippen LogP contribution in [0.1, 0.15) is 29.0 Å². The fourth-order valence-corrected chi connectivity index (χ4v) is 5.67. The van der Waals surface area contributed by atoms with E-state index in [2.05, 4.69) is 15.3 Å². The number of nitrogens with zero attached hydrogens (tertiary/aromatic N) is 5. The molecule has 5 rings (SSSR count). The van der Waals surface area contributed by atoms with E-state index in [9.17, 15) is 45.8 Å². The first-order valence-electron chi connectivity index (χ1n) is 14.2. The summed E-state index contributed by atoms with van der Waals surface area (Å²) in [5, 5.41) is 13.0. The molecule has 0 unspecified atom stereocenters. The number of esters is 1. The average molecular weight is 689 g/mol. The standard InChI is InChI=1S/C29H27ClF6N6O5/c1-40(27(45)46)18-6-7-20-19(12-18)23(39-25(38-20)28(31,32)33)42-13-21(22(14-42)47-26(44)29(34,35)36)37-17-8-10-41(11-9-17)24(43)15-2-4-16(30)5-3-15/h2-7,12,17,21-22,37H,8-11,13-14H2,1H3,(H,45,46)/t21-,22-/m0/s1. The largest absolute Gasteiger partial charge is 0.490 e. The van der Waals surface area contributed by atoms with Crippen molar-refractivity contribution >= 4 is 52.0 Å². The number of ether oxygens (including phenoxy) is 1. The molecule has 2 amide bonds. The van der Waals surface area contributed by atoms with Crippen molar-refractivity contribution < 1.29 is 50.6 Å². The minimum atomic E-state index is -5.33. The predicted octanol–water partition coefficient (Wildman–Crippen LogP) is 4.97. The maximum Gasteiger partial charge on any atom is 0.490 e. The van der Waals surface area contributed by atoms with Gasteiger partial charge in [0.05, 0.1) is 18.1 Å². The van der Waals surface area contributed by atoms with Gasteiger partial charge < -0.3 is 25.0 Å². The number of carbonyl (C=O) groups is 3. The Morgan fingerprint density at radius 3 is 2.26 bits per heavy atom. The number of halogens is 7. The van der Waals surface area contributed by atoms with Crippen LogP contribution < -0.4 is 15.1 Å². The summed E-state index contributed by atoms with van der Waals surface area (Å²) in [6.45, 7) is -0.0836. The van der Waals surface area contributed by atoms with Crippen molar-refractivity contribution in [3.63, 3.8) is 0 Å². The highest BCUT2D eigenvalue weighted by Gasteiger charge is 2.47. The third-order valence-electron chi connectivity index (χ3n) is 7.97. The van der Waals surface area contributed by atoms with Gasteiger partial charge in [-0.05, 0) is 55.3 Å². The first-order valence-corrected chi connectivity index (χ1v) is 14.6. The van der Waals surface area contributed by atoms with Crippen LogP contribution in [-0.4, -0.2) is 95.5 Å². The number of likely N-dealkylation sites (tertiary alicyclic amines) is 1. The van der Waals surface area contributed by atoms with Gasteiger partial charge in [0.1, 0.15) is 11.9 Å². The Kier molecular flexibility index (Phi) is 9.41. The second-order valence-corrected chi connectivity index (χ2v) is 11.5. The van der Waals surface area contributed by atoms with Crippen LogP contribution in [0.5, 0.6) is 0 Å². The molecule has 47 heavy (non-hydrogen) atoms. The van der Waals surface area contributed by atoms with Crippen molar-refractivity contribution in [2.24, 2.45) is 0 Å². The van der Waals surface area contributed by atoms with Crippen LogP contribution in [0.25, 0.3) is 10.9 Å². The molecule has 3 heterocycles. The molecule has 252 valence electrons. The zero-order valence-corrected chi connectivity index (χ0v) is 25.2. The van der Waals surface area contributed by atoms with Crippen LogP contribution in [0.2, 0.25) is 5.02 Å². The molecular weight excluding hydrogens is 662 g/mol. The maximum atomic E-state index is 13.8. The molecule has 0 radical (unpaired) electrons. The summed E-state index contributed by atoms with van der Waals surface area (Å²) >= 11 is 5.90. The molecule has 2 saturated heterocycles. The monoisotopic (exact) mass is 688 g/mol. The van der Waals surface area contributed by atoms with Gasteiger partial charge in [-0.2, -0.15) is 26.3 Å². The van der Waals surface area contributed by atoms with E-state index in [1.165, 1.54) is 30.1 Å². The second kappa shape index (κ2) is 13.0. The average Bonchev–Trinajstić information content (AvgIpc) is 3.40. The molecule has 0 bridgehead atoms. The number of hydrogen-bond acceptors (Lipinski definition) is 8. The third kappa shape index (κ3) is 7.62. The summed E-state index contributed by atoms with van der Waals surface area (Å²) < 4.78 is 85.9. The van der Waals surface area contributed by atoms with E-state index in [0.717, 1.165) is 4.90 Å². The van der Waals surface area contributed by atoms with Gasteiger partial charge >= 0.3 is 24.4 Å². The molecule has 2 aliphatic heterocycles. The summed E-state index contributed by atoms with van der Waals surface area (Å²) in [4.78, 5) is 47.2. The Balaban J connectivity index is 1.41. The van der Waals surface area contributed by atoms with E-state index < -0.39 is 48.9 Å². The fourth-order valence-electron chi connectivity index (χ4n) is 5.54. The van der Waals surface area contributed by atoms with Crippen LogP contribution in [-0.2, 0) is 15.7 Å². The number of alkyl halides is 6. The summed E-state index contributed by atoms with van der Waals surface area (Å²) in [6.07, 6.45) is -12.4. The van der Waals surface area contributed by atoms with Crippen molar-refractivity contribution in [3.05, 3.63) is 58.9 Å². The summed E-state index contributed by atoms with van der Waals surface area (Å²) in [6, 6.07) is 8.71. The van der Waals surface area contributed by atoms with Gasteiger partial charge in [-0.3, -0.25) is 9.69 Å². The lowest BCUT2D eigenvalue weighted by molar-refractivity contribution is -0.204. The fraction of sp³-hybridized carbons (Fsp3) is 0.414. The summed E-state index contributed by atoms with van der Waals surface area (Å²) in [7, 11) is 1.21. The van der Waals surface area contributed by atoms with Crippen molar-refractivity contribution in [2.75, 3.05) is 43.0 Å². The van der Waals surface area contributed by atoms with E-state index in [-0.39, 0.29) is 40.9 Å². The number of hydrogen-bond donors (Lipinski definition) is 2. The molecule has 3 aromatic rings. The lowest BCUT2D eigenvalue weighted by Crippen LogP contribution is -2.52. The number of anilines is 2. The van der Waals surface area contributed by atoms with Crippen molar-refractivity contribution in [1.29, 1.82) is 0 Å². The SMILES string of the molecule is CN(C(=O)O)c1ccc2nc(C(F)(F)F)nc(N3C[C@H](NC4CCN(C(=O)c5ccc(Cl)cc5)CC4)[C@@H](OC(=O)C(F)(F)F)C3)c2c1. The predicted molar refractivity (Wildman–Crippen MR) is 156 cm³/mol. The second-order valence-electron chi connectivity index (χ2n) is 11.1. The molecule has 2 N–H and O–H groups in total. The molecular formula is C29H27ClF6N6O5. The van der Waals surface area contributed by atoms with Gasteiger partial charge in [0.2, 0.25) is 5.82 Å². The minimum Gasteiger partial charge on any atom is -0.465 e. The number of rotatable bonds is 6. The normalized spacial score (nSPS) is 19.2. The highest BCUT2D eigenvalue weighted by Crippen LogP contribution is 2.36. The number of benzene rings is 2. The number of carboxylic acid groups (broad SMARTS) is 1. The number of fused-ring (bicyclic) bond motifs is 1. The van der Waals surface area contributed by atoms with Crippen LogP contribution in [0.3, 0.4) is 0 Å². The van der Waals surface area contributed by atoms with Crippen LogP contribution in [0.4, 0.5) is 42.6 Å². The quantitative estimate of drug-likeness (QED) is 0.273. The molecule has 0 saturated carbocycles. The first kappa shape index (κ1) is 34.0. The highest BCUT2D eigenvalue weighted by atomic mass is 35.5. The zero-order chi connectivity index (χ0) is 34.3. The highest BCUT2D eigenvalue weighted by molar-refractivity contribution is 6.30. The molecule has 0 aliphatic carbocycles. The number of piperidine rings is 1. The Hall–Kier alpha value is -4.38. The lowest BCUT2D eigenvalue weighted by Gasteiger charge is -2.34. The van der Waals surface area contributed by atoms with E-state index in [1.54, 1.807) is 29.2 Å². The molecule has 18 heteroatoms. The molecule has 11 nitrogen and oxygen atoms in total. The Bertz CT molecular complexity index is 1670. The van der Waals surface area contributed by atoms with Gasteiger partial charge in [-0.15, -0.1) is 0 Å². The van der Waals surface area contributed by atoms with Crippen molar-refractivity contribution in [2.45, 2.75) is 43.4 Å². The van der Waals surface area contributed by atoms with E-state index in [0.29, 0.717) is 36.5 Å². The minimum absolute atomic E-state index is 0.000770. The number of carbonyl (C=O) groups excluding carboxylic acids is 2. The topological polar surface area (TPSA) is 128 Å². The molecule has 1 aromatic heterocycles. The van der Waals surface area contributed by atoms with Gasteiger partial charge in [-0.25, -0.2) is 19.6 Å². The first-order chi connectivity index (χ1) is 22.0. The van der Waals surface area contributed by atoms with Gasteiger partial charge in [-0.1, -0.05) is 11.6 Å². The molecule has 2 fully saturated rings. The van der Waals surface area contributed by atoms with Crippen LogP contribution in [0, 0.1) is 0 Å². The Labute approximate surface area is 268 Å².